The smallest absolute Gasteiger partial charge is 0.255 e. The molecule has 1 aliphatic heterocycles. The Morgan fingerprint density at radius 1 is 1.02 bits per heavy atom. The van der Waals surface area contributed by atoms with Gasteiger partial charge in [0.15, 0.2) is 0 Å². The Bertz CT molecular complexity index is 1680. The first kappa shape index (κ1) is 28.6. The lowest BCUT2D eigenvalue weighted by Gasteiger charge is -2.38. The lowest BCUT2D eigenvalue weighted by molar-refractivity contribution is 0.0899. The molecule has 3 aromatic carbocycles. The van der Waals surface area contributed by atoms with E-state index in [0.29, 0.717) is 23.9 Å². The number of carbonyl (C=O) groups excluding carboxylic acids is 1. The third-order valence-corrected chi connectivity index (χ3v) is 8.85. The van der Waals surface area contributed by atoms with Gasteiger partial charge in [0, 0.05) is 35.2 Å². The summed E-state index contributed by atoms with van der Waals surface area (Å²) >= 11 is 0. The van der Waals surface area contributed by atoms with Gasteiger partial charge in [-0.05, 0) is 63.6 Å². The Labute approximate surface area is 253 Å². The number of para-hydroxylation sites is 1. The summed E-state index contributed by atoms with van der Waals surface area (Å²) in [5.41, 5.74) is 4.62. The van der Waals surface area contributed by atoms with E-state index in [-0.39, 0.29) is 11.8 Å². The first-order valence-electron chi connectivity index (χ1n) is 15.2. The summed E-state index contributed by atoms with van der Waals surface area (Å²) in [6.07, 6.45) is 8.69. The average molecular weight is 574 g/mol. The molecule has 2 N–H and O–H groups in total. The minimum atomic E-state index is -0.484. The molecule has 2 aliphatic rings. The predicted octanol–water partition coefficient (Wildman–Crippen LogP) is 7.16. The van der Waals surface area contributed by atoms with E-state index in [4.69, 9.17) is 14.7 Å². The standard InChI is InChI=1S/C36H39N5O2/c1-25-12-11-13-26(2)36(25,3)40-34(42)30-19-18-28(24-32(30)43-23-22-41-20-9-10-21-41)37-35-38-31-17-8-7-16-29(31)33(39-35)27-14-5-4-6-15-27/h4-8,11-19,24-25H,9-10,20-23H2,1-3H3,(H,40,42)(H,37,38,39). The summed E-state index contributed by atoms with van der Waals surface area (Å²) in [5, 5.41) is 7.68. The van der Waals surface area contributed by atoms with Gasteiger partial charge >= 0.3 is 0 Å². The molecule has 1 aliphatic carbocycles. The molecule has 0 spiro atoms. The van der Waals surface area contributed by atoms with E-state index >= 15 is 0 Å². The van der Waals surface area contributed by atoms with Crippen molar-refractivity contribution in [3.8, 4) is 17.0 Å². The van der Waals surface area contributed by atoms with E-state index in [1.807, 2.05) is 60.7 Å². The van der Waals surface area contributed by atoms with E-state index < -0.39 is 5.54 Å². The van der Waals surface area contributed by atoms with Gasteiger partial charge in [0.25, 0.3) is 5.91 Å². The number of hydrogen-bond acceptors (Lipinski definition) is 6. The number of carbonyl (C=O) groups is 1. The molecule has 7 heteroatoms. The van der Waals surface area contributed by atoms with Crippen LogP contribution in [0.15, 0.2) is 96.6 Å². The lowest BCUT2D eigenvalue weighted by Crippen LogP contribution is -2.52. The van der Waals surface area contributed by atoms with Gasteiger partial charge in [-0.3, -0.25) is 9.69 Å². The number of hydrogen-bond donors (Lipinski definition) is 2. The molecule has 1 fully saturated rings. The van der Waals surface area contributed by atoms with E-state index in [9.17, 15) is 4.79 Å². The van der Waals surface area contributed by atoms with Crippen LogP contribution in [0.1, 0.15) is 44.0 Å². The van der Waals surface area contributed by atoms with Crippen molar-refractivity contribution in [2.75, 3.05) is 31.6 Å². The van der Waals surface area contributed by atoms with Crippen LogP contribution in [0.3, 0.4) is 0 Å². The minimum Gasteiger partial charge on any atom is -0.491 e. The third kappa shape index (κ3) is 6.18. The number of rotatable bonds is 9. The molecule has 1 amide bonds. The number of nitrogens with one attached hydrogen (secondary N) is 2. The first-order valence-corrected chi connectivity index (χ1v) is 15.2. The summed E-state index contributed by atoms with van der Waals surface area (Å²) in [6.45, 7) is 9.79. The van der Waals surface area contributed by atoms with Crippen LogP contribution in [0.4, 0.5) is 11.6 Å². The summed E-state index contributed by atoms with van der Waals surface area (Å²) in [6, 6.07) is 23.7. The predicted molar refractivity (Wildman–Crippen MR) is 174 cm³/mol. The van der Waals surface area contributed by atoms with Gasteiger partial charge in [-0.1, -0.05) is 73.7 Å². The zero-order valence-corrected chi connectivity index (χ0v) is 25.1. The minimum absolute atomic E-state index is 0.158. The molecule has 6 rings (SSSR count). The summed E-state index contributed by atoms with van der Waals surface area (Å²) in [5.74, 6) is 1.02. The van der Waals surface area contributed by atoms with Gasteiger partial charge in [-0.15, -0.1) is 0 Å². The molecule has 7 nitrogen and oxygen atoms in total. The Balaban J connectivity index is 1.30. The molecule has 43 heavy (non-hydrogen) atoms. The van der Waals surface area contributed by atoms with Crippen LogP contribution in [-0.2, 0) is 0 Å². The molecule has 1 aromatic heterocycles. The van der Waals surface area contributed by atoms with Gasteiger partial charge < -0.3 is 15.4 Å². The summed E-state index contributed by atoms with van der Waals surface area (Å²) < 4.78 is 6.33. The fraction of sp³-hybridized carbons (Fsp3) is 0.306. The van der Waals surface area contributed by atoms with Crippen LogP contribution in [0, 0.1) is 5.92 Å². The highest BCUT2D eigenvalue weighted by atomic mass is 16.5. The molecular formula is C36H39N5O2. The molecule has 2 atom stereocenters. The second kappa shape index (κ2) is 12.4. The van der Waals surface area contributed by atoms with Crippen molar-refractivity contribution in [1.29, 1.82) is 0 Å². The third-order valence-electron chi connectivity index (χ3n) is 8.85. The number of nitrogens with zero attached hydrogens (tertiary/aromatic N) is 3. The van der Waals surface area contributed by atoms with Gasteiger partial charge in [-0.25, -0.2) is 9.97 Å². The van der Waals surface area contributed by atoms with E-state index in [1.165, 1.54) is 12.8 Å². The average Bonchev–Trinajstić information content (AvgIpc) is 3.54. The number of ether oxygens (including phenoxy) is 1. The van der Waals surface area contributed by atoms with Gasteiger partial charge in [0.05, 0.1) is 22.3 Å². The zero-order valence-electron chi connectivity index (χ0n) is 25.1. The number of fused-ring (bicyclic) bond motifs is 1. The van der Waals surface area contributed by atoms with Crippen LogP contribution in [0.25, 0.3) is 22.2 Å². The lowest BCUT2D eigenvalue weighted by atomic mass is 9.77. The maximum Gasteiger partial charge on any atom is 0.255 e. The summed E-state index contributed by atoms with van der Waals surface area (Å²) in [7, 11) is 0. The van der Waals surface area contributed by atoms with Crippen LogP contribution in [-0.4, -0.2) is 52.6 Å². The molecular weight excluding hydrogens is 534 g/mol. The normalized spacial score (nSPS) is 20.2. The van der Waals surface area contributed by atoms with Crippen LogP contribution in [0.2, 0.25) is 0 Å². The van der Waals surface area contributed by atoms with Crippen LogP contribution in [0.5, 0.6) is 5.75 Å². The molecule has 4 aromatic rings. The van der Waals surface area contributed by atoms with E-state index in [1.54, 1.807) is 0 Å². The number of likely N-dealkylation sites (tertiary alicyclic amines) is 1. The zero-order chi connectivity index (χ0) is 29.8. The van der Waals surface area contributed by atoms with Crippen molar-refractivity contribution < 1.29 is 9.53 Å². The fourth-order valence-corrected chi connectivity index (χ4v) is 5.88. The van der Waals surface area contributed by atoms with Crippen molar-refractivity contribution in [3.05, 3.63) is 102 Å². The van der Waals surface area contributed by atoms with Crippen LogP contribution >= 0.6 is 0 Å². The SMILES string of the molecule is CC1=CC=CC(C)C1(C)NC(=O)c1ccc(Nc2nc(-c3ccccc3)c3ccccc3n2)cc1OCCN1CCCC1. The monoisotopic (exact) mass is 573 g/mol. The van der Waals surface area contributed by atoms with Crippen LogP contribution < -0.4 is 15.4 Å². The fourth-order valence-electron chi connectivity index (χ4n) is 5.88. The molecule has 1 saturated heterocycles. The second-order valence-electron chi connectivity index (χ2n) is 11.7. The Hall–Kier alpha value is -4.49. The topological polar surface area (TPSA) is 79.4 Å². The molecule has 0 bridgehead atoms. The van der Waals surface area contributed by atoms with Gasteiger partial charge in [0.1, 0.15) is 12.4 Å². The number of allylic oxidation sites excluding steroid dienone is 2. The van der Waals surface area contributed by atoms with Crippen molar-refractivity contribution in [2.24, 2.45) is 5.92 Å². The largest absolute Gasteiger partial charge is 0.491 e. The Morgan fingerprint density at radius 2 is 1.79 bits per heavy atom. The Morgan fingerprint density at radius 3 is 2.58 bits per heavy atom. The quantitative estimate of drug-likeness (QED) is 0.221. The molecule has 2 heterocycles. The molecule has 2 unspecified atom stereocenters. The van der Waals surface area contributed by atoms with Crippen molar-refractivity contribution >= 4 is 28.4 Å². The maximum absolute atomic E-state index is 13.8. The molecule has 220 valence electrons. The van der Waals surface area contributed by atoms with E-state index in [2.05, 4.69) is 66.7 Å². The van der Waals surface area contributed by atoms with E-state index in [0.717, 1.165) is 53.1 Å². The van der Waals surface area contributed by atoms with Crippen molar-refractivity contribution in [2.45, 2.75) is 39.2 Å². The number of anilines is 2. The number of benzene rings is 3. The highest BCUT2D eigenvalue weighted by Crippen LogP contribution is 2.33. The second-order valence-corrected chi connectivity index (χ2v) is 11.7. The highest BCUT2D eigenvalue weighted by Gasteiger charge is 2.35. The first-order chi connectivity index (χ1) is 20.9. The van der Waals surface area contributed by atoms with Crippen molar-refractivity contribution in [1.82, 2.24) is 20.2 Å². The molecule has 0 radical (unpaired) electrons. The van der Waals surface area contributed by atoms with Gasteiger partial charge in [-0.2, -0.15) is 0 Å². The number of aromatic nitrogens is 2. The number of amides is 1. The van der Waals surface area contributed by atoms with Crippen molar-refractivity contribution in [3.63, 3.8) is 0 Å². The maximum atomic E-state index is 13.8. The van der Waals surface area contributed by atoms with Gasteiger partial charge in [0.2, 0.25) is 5.95 Å². The highest BCUT2D eigenvalue weighted by molar-refractivity contribution is 5.98. The summed E-state index contributed by atoms with van der Waals surface area (Å²) in [4.78, 5) is 25.9. The Kier molecular flexibility index (Phi) is 8.25. The molecule has 0 saturated carbocycles.